The van der Waals surface area contributed by atoms with Crippen LogP contribution in [0.2, 0.25) is 0 Å². The molecule has 0 atom stereocenters. The molecule has 5 heteroatoms. The van der Waals surface area contributed by atoms with E-state index >= 15 is 0 Å². The van der Waals surface area contributed by atoms with Crippen molar-refractivity contribution in [3.63, 3.8) is 0 Å². The Bertz CT molecular complexity index is 2460. The van der Waals surface area contributed by atoms with Gasteiger partial charge in [0.25, 0.3) is 0 Å². The number of furan rings is 1. The topological polar surface area (TPSA) is 17.0 Å². The van der Waals surface area contributed by atoms with Crippen LogP contribution in [0.15, 0.2) is 77.3 Å². The molecule has 2 nitrogen and oxygen atoms in total. The van der Waals surface area contributed by atoms with Crippen LogP contribution >= 0.6 is 0 Å². The molecule has 1 fully saturated rings. The van der Waals surface area contributed by atoms with E-state index in [0.29, 0.717) is 57.2 Å². The zero-order chi connectivity index (χ0) is 40.3. The minimum Gasteiger partial charge on any atom is -0.454 e. The SMILES string of the molecule is [2H]C([2H])([2H])c1cc(C2([2H])CCC(C)(C)CC2)cc(C([2H])([2H])[2H])c1-c1cc[n+](C)c(-c2c(C)c(C(C)(C)C(F)(F)F)cc3c2oc2c4ccccc4ccc32)c1. The molecule has 0 unspecified atom stereocenters. The van der Waals surface area contributed by atoms with E-state index in [1.807, 2.05) is 36.4 Å². The van der Waals surface area contributed by atoms with Crippen LogP contribution in [0.5, 0.6) is 0 Å². The molecule has 0 bridgehead atoms. The average Bonchev–Trinajstić information content (AvgIpc) is 3.47. The highest BCUT2D eigenvalue weighted by molar-refractivity contribution is 6.17. The Morgan fingerprint density at radius 3 is 2.21 bits per heavy atom. The summed E-state index contributed by atoms with van der Waals surface area (Å²) in [5, 5.41) is 2.84. The van der Waals surface area contributed by atoms with Crippen LogP contribution in [0.4, 0.5) is 13.2 Å². The summed E-state index contributed by atoms with van der Waals surface area (Å²) in [5.74, 6) is -1.16. The Morgan fingerprint density at radius 2 is 1.54 bits per heavy atom. The quantitative estimate of drug-likeness (QED) is 0.173. The number of aryl methyl sites for hydroxylation is 3. The van der Waals surface area contributed by atoms with E-state index in [2.05, 4.69) is 13.8 Å². The van der Waals surface area contributed by atoms with Crippen molar-refractivity contribution in [3.8, 4) is 22.4 Å². The van der Waals surface area contributed by atoms with Crippen molar-refractivity contribution < 1.29 is 31.8 Å². The van der Waals surface area contributed by atoms with Crippen molar-refractivity contribution in [1.82, 2.24) is 0 Å². The summed E-state index contributed by atoms with van der Waals surface area (Å²) in [6, 6.07) is 19.2. The number of hydrogen-bond acceptors (Lipinski definition) is 1. The normalized spacial score (nSPS) is 19.3. The molecule has 0 radical (unpaired) electrons. The number of benzene rings is 4. The van der Waals surface area contributed by atoms with Crippen LogP contribution in [0.3, 0.4) is 0 Å². The van der Waals surface area contributed by atoms with Crippen molar-refractivity contribution in [2.75, 3.05) is 0 Å². The van der Waals surface area contributed by atoms with E-state index in [-0.39, 0.29) is 33.2 Å². The van der Waals surface area contributed by atoms with Gasteiger partial charge in [-0.15, -0.1) is 0 Å². The van der Waals surface area contributed by atoms with E-state index in [1.54, 1.807) is 42.9 Å². The van der Waals surface area contributed by atoms with Gasteiger partial charge >= 0.3 is 6.18 Å². The van der Waals surface area contributed by atoms with E-state index in [0.717, 1.165) is 37.5 Å². The first-order valence-corrected chi connectivity index (χ1v) is 16.5. The van der Waals surface area contributed by atoms with Crippen molar-refractivity contribution in [2.24, 2.45) is 12.5 Å². The fourth-order valence-corrected chi connectivity index (χ4v) is 7.49. The number of halogens is 3. The fraction of sp³-hybridized carbons (Fsp3) is 0.372. The van der Waals surface area contributed by atoms with Gasteiger partial charge in [-0.05, 0) is 128 Å². The highest BCUT2D eigenvalue weighted by atomic mass is 19.4. The predicted molar refractivity (Wildman–Crippen MR) is 192 cm³/mol. The molecule has 1 aliphatic rings. The van der Waals surface area contributed by atoms with Crippen molar-refractivity contribution >= 4 is 32.7 Å². The number of hydrogen-bond donors (Lipinski definition) is 0. The van der Waals surface area contributed by atoms with Gasteiger partial charge in [0.05, 0.1) is 11.0 Å². The summed E-state index contributed by atoms with van der Waals surface area (Å²) in [6.45, 7) is 2.68. The zero-order valence-corrected chi connectivity index (χ0v) is 28.2. The molecule has 0 spiro atoms. The van der Waals surface area contributed by atoms with E-state index in [4.69, 9.17) is 12.6 Å². The molecule has 1 aliphatic carbocycles. The van der Waals surface area contributed by atoms with E-state index in [1.165, 1.54) is 12.1 Å². The van der Waals surface area contributed by atoms with Crippen LogP contribution in [-0.2, 0) is 12.5 Å². The lowest BCUT2D eigenvalue weighted by Crippen LogP contribution is -2.37. The molecule has 6 aromatic rings. The minimum absolute atomic E-state index is 0.00149. The Labute approximate surface area is 291 Å². The third-order valence-electron chi connectivity index (χ3n) is 10.7. The third kappa shape index (κ3) is 5.21. The van der Waals surface area contributed by atoms with Crippen LogP contribution in [-0.4, -0.2) is 6.18 Å². The van der Waals surface area contributed by atoms with Gasteiger partial charge in [0.15, 0.2) is 6.20 Å². The Hall–Kier alpha value is -4.12. The van der Waals surface area contributed by atoms with E-state index < -0.39 is 31.2 Å². The molecule has 2 aromatic heterocycles. The molecule has 248 valence electrons. The van der Waals surface area contributed by atoms with Gasteiger partial charge in [0.2, 0.25) is 5.69 Å². The molecule has 1 saturated carbocycles. The summed E-state index contributed by atoms with van der Waals surface area (Å²) < 4.78 is 114. The third-order valence-corrected chi connectivity index (χ3v) is 10.7. The van der Waals surface area contributed by atoms with Crippen molar-refractivity contribution in [2.45, 2.75) is 91.5 Å². The lowest BCUT2D eigenvalue weighted by molar-refractivity contribution is -0.660. The molecule has 7 rings (SSSR count). The lowest BCUT2D eigenvalue weighted by Gasteiger charge is -2.35. The molecule has 0 saturated heterocycles. The molecule has 2 heterocycles. The minimum atomic E-state index is -4.60. The fourth-order valence-electron chi connectivity index (χ4n) is 7.49. The monoisotopic (exact) mass is 655 g/mol. The summed E-state index contributed by atoms with van der Waals surface area (Å²) >= 11 is 0. The van der Waals surface area contributed by atoms with Gasteiger partial charge < -0.3 is 4.42 Å². The number of pyridine rings is 1. The summed E-state index contributed by atoms with van der Waals surface area (Å²) in [4.78, 5) is 0. The second kappa shape index (κ2) is 11.2. The van der Waals surface area contributed by atoms with E-state index in [9.17, 15) is 14.5 Å². The Kier molecular flexibility index (Phi) is 5.83. The van der Waals surface area contributed by atoms with Gasteiger partial charge in [-0.1, -0.05) is 56.3 Å². The molecule has 48 heavy (non-hydrogen) atoms. The number of alkyl halides is 3. The van der Waals surface area contributed by atoms with Crippen LogP contribution < -0.4 is 4.57 Å². The zero-order valence-electron chi connectivity index (χ0n) is 35.2. The predicted octanol–water partition coefficient (Wildman–Crippen LogP) is 12.3. The number of rotatable bonds is 4. The van der Waals surface area contributed by atoms with Gasteiger partial charge in [0, 0.05) is 37.9 Å². The largest absolute Gasteiger partial charge is 0.454 e. The maximum Gasteiger partial charge on any atom is 0.397 e. The first-order valence-electron chi connectivity index (χ1n) is 20.0. The molecule has 0 amide bonds. The van der Waals surface area contributed by atoms with Crippen LogP contribution in [0.25, 0.3) is 55.1 Å². The highest BCUT2D eigenvalue weighted by Gasteiger charge is 2.50. The van der Waals surface area contributed by atoms with Crippen LogP contribution in [0, 0.1) is 26.0 Å². The first kappa shape index (κ1) is 24.9. The Morgan fingerprint density at radius 1 is 0.854 bits per heavy atom. The molecular formula is C43H45F3NO+. The lowest BCUT2D eigenvalue weighted by atomic mass is 9.71. The average molecular weight is 656 g/mol. The highest BCUT2D eigenvalue weighted by Crippen LogP contribution is 2.49. The van der Waals surface area contributed by atoms with Crippen molar-refractivity contribution in [1.29, 1.82) is 0 Å². The summed E-state index contributed by atoms with van der Waals surface area (Å²) in [5.41, 5.74) is 0.0648. The van der Waals surface area contributed by atoms with Crippen molar-refractivity contribution in [3.05, 3.63) is 101 Å². The summed E-state index contributed by atoms with van der Waals surface area (Å²) in [7, 11) is 1.73. The molecule has 0 N–H and O–H groups in total. The smallest absolute Gasteiger partial charge is 0.397 e. The first-order chi connectivity index (χ1) is 25.3. The number of nitrogens with zero attached hydrogens (tertiary/aromatic N) is 1. The molecule has 4 aromatic carbocycles. The van der Waals surface area contributed by atoms with Crippen LogP contribution in [0.1, 0.15) is 96.7 Å². The van der Waals surface area contributed by atoms with Gasteiger partial charge in [-0.2, -0.15) is 13.2 Å². The maximum absolute atomic E-state index is 14.8. The standard InChI is InChI=1S/C43H45F3NO/c1-25-21-31(28-15-18-41(4,5)19-16-28)22-26(2)37(25)30-17-20-47(8)36(23-30)38-27(3)35(42(6,7)43(44,45)46)24-34-33-14-13-29-11-9-10-12-32(29)39(33)48-40(34)38/h9-14,17,20-24,28H,15-16,18-19H2,1-8H3/q+1/i1D3,2D3,28D. The molecular weight excluding hydrogens is 603 g/mol. The van der Waals surface area contributed by atoms with Gasteiger partial charge in [-0.3, -0.25) is 0 Å². The Balaban J connectivity index is 1.55. The summed E-state index contributed by atoms with van der Waals surface area (Å²) in [6.07, 6.45) is -0.563. The second-order valence-electron chi connectivity index (χ2n) is 14.8. The maximum atomic E-state index is 14.8. The van der Waals surface area contributed by atoms with Gasteiger partial charge in [0.1, 0.15) is 18.2 Å². The molecule has 0 aliphatic heterocycles. The van der Waals surface area contributed by atoms with Gasteiger partial charge in [-0.25, -0.2) is 4.57 Å². The number of fused-ring (bicyclic) bond motifs is 5. The number of aromatic nitrogens is 1. The second-order valence-corrected chi connectivity index (χ2v) is 14.8.